The third kappa shape index (κ3) is 5.34. The Bertz CT molecular complexity index is 477. The second-order valence-corrected chi connectivity index (χ2v) is 13.0. The number of rotatable bonds is 7. The summed E-state index contributed by atoms with van der Waals surface area (Å²) in [5, 5.41) is 10.7. The first-order valence-electron chi connectivity index (χ1n) is 7.78. The van der Waals surface area contributed by atoms with Crippen LogP contribution in [0.2, 0.25) is 18.1 Å². The Labute approximate surface area is 144 Å². The van der Waals surface area contributed by atoms with Gasteiger partial charge in [-0.2, -0.15) is 0 Å². The van der Waals surface area contributed by atoms with E-state index in [1.165, 1.54) is 0 Å². The Kier molecular flexibility index (Phi) is 7.05. The van der Waals surface area contributed by atoms with Crippen LogP contribution in [-0.2, 0) is 4.43 Å². The van der Waals surface area contributed by atoms with Crippen molar-refractivity contribution in [2.45, 2.75) is 51.4 Å². The van der Waals surface area contributed by atoms with Crippen LogP contribution in [0.15, 0.2) is 41.4 Å². The van der Waals surface area contributed by atoms with Gasteiger partial charge in [-0.25, -0.2) is 0 Å². The molecule has 1 rings (SSSR count). The maximum absolute atomic E-state index is 10.5. The summed E-state index contributed by atoms with van der Waals surface area (Å²) in [4.78, 5) is 0. The number of aliphatic hydroxyl groups excluding tert-OH is 1. The van der Waals surface area contributed by atoms with Gasteiger partial charge in [-0.3, -0.25) is 0 Å². The fourth-order valence-electron chi connectivity index (χ4n) is 1.98. The normalized spacial score (nSPS) is 15.4. The molecule has 124 valence electrons. The molecule has 0 bridgehead atoms. The van der Waals surface area contributed by atoms with Crippen LogP contribution in [0.5, 0.6) is 0 Å². The van der Waals surface area contributed by atoms with E-state index < -0.39 is 14.4 Å². The molecule has 0 aliphatic heterocycles. The van der Waals surface area contributed by atoms with Crippen molar-refractivity contribution in [2.24, 2.45) is 5.92 Å². The minimum atomic E-state index is -1.73. The lowest BCUT2D eigenvalue weighted by Gasteiger charge is -2.36. The van der Waals surface area contributed by atoms with E-state index in [1.807, 2.05) is 30.3 Å². The fourth-order valence-corrected chi connectivity index (χ4v) is 3.30. The van der Waals surface area contributed by atoms with Gasteiger partial charge in [0, 0.05) is 17.0 Å². The van der Waals surface area contributed by atoms with Crippen molar-refractivity contribution in [3.63, 3.8) is 0 Å². The zero-order chi connectivity index (χ0) is 17.0. The van der Waals surface area contributed by atoms with E-state index >= 15 is 0 Å². The summed E-state index contributed by atoms with van der Waals surface area (Å²) in [7, 11) is -1.73. The maximum atomic E-state index is 10.5. The molecule has 0 saturated carbocycles. The molecule has 4 heteroatoms. The van der Waals surface area contributed by atoms with Crippen LogP contribution in [-0.4, -0.2) is 20.0 Å². The van der Waals surface area contributed by atoms with Crippen LogP contribution < -0.4 is 0 Å². The van der Waals surface area contributed by atoms with Crippen molar-refractivity contribution < 1.29 is 9.53 Å². The van der Waals surface area contributed by atoms with Crippen molar-refractivity contribution in [1.82, 2.24) is 0 Å². The monoisotopic (exact) mass is 384 g/mol. The Balaban J connectivity index is 2.62. The van der Waals surface area contributed by atoms with Crippen molar-refractivity contribution in [1.29, 1.82) is 0 Å². The van der Waals surface area contributed by atoms with Gasteiger partial charge in [0.2, 0.25) is 0 Å². The first-order valence-corrected chi connectivity index (χ1v) is 11.5. The van der Waals surface area contributed by atoms with Gasteiger partial charge in [-0.05, 0) is 42.2 Å². The standard InChI is InChI=1S/C18H29BrO2Si/c1-7-14(12-13-21-22(5,6)18(2,3)4)17(20)15-8-10-16(19)11-9-15/h7-11,14,17,20H,1,12-13H2,2-6H3. The van der Waals surface area contributed by atoms with Crippen LogP contribution in [0.3, 0.4) is 0 Å². The number of benzene rings is 1. The minimum Gasteiger partial charge on any atom is -0.417 e. The number of hydrogen-bond acceptors (Lipinski definition) is 2. The molecule has 2 nitrogen and oxygen atoms in total. The van der Waals surface area contributed by atoms with Crippen LogP contribution in [0.4, 0.5) is 0 Å². The summed E-state index contributed by atoms with van der Waals surface area (Å²) in [5.41, 5.74) is 0.917. The first-order chi connectivity index (χ1) is 10.1. The quantitative estimate of drug-likeness (QED) is 0.482. The number of halogens is 1. The maximum Gasteiger partial charge on any atom is 0.191 e. The molecule has 0 saturated heterocycles. The van der Waals surface area contributed by atoms with Gasteiger partial charge in [0.1, 0.15) is 0 Å². The summed E-state index contributed by atoms with van der Waals surface area (Å²) in [6, 6.07) is 7.79. The molecule has 2 unspecified atom stereocenters. The number of aliphatic hydroxyl groups is 1. The molecule has 0 heterocycles. The third-order valence-electron chi connectivity index (χ3n) is 4.64. The highest BCUT2D eigenvalue weighted by Gasteiger charge is 2.37. The molecule has 0 aromatic heterocycles. The molecular weight excluding hydrogens is 356 g/mol. The third-order valence-corrected chi connectivity index (χ3v) is 9.71. The van der Waals surface area contributed by atoms with E-state index in [2.05, 4.69) is 56.4 Å². The van der Waals surface area contributed by atoms with Crippen molar-refractivity contribution >= 4 is 24.2 Å². The Hall–Kier alpha value is -0.423. The highest BCUT2D eigenvalue weighted by Crippen LogP contribution is 2.37. The van der Waals surface area contributed by atoms with E-state index in [4.69, 9.17) is 4.43 Å². The van der Waals surface area contributed by atoms with Gasteiger partial charge in [0.15, 0.2) is 8.32 Å². The topological polar surface area (TPSA) is 29.5 Å². The molecule has 0 radical (unpaired) electrons. The molecule has 1 aromatic rings. The molecule has 0 spiro atoms. The molecule has 2 atom stereocenters. The summed E-state index contributed by atoms with van der Waals surface area (Å²) in [6.45, 7) is 15.8. The highest BCUT2D eigenvalue weighted by atomic mass is 79.9. The van der Waals surface area contributed by atoms with Gasteiger partial charge in [-0.15, -0.1) is 6.58 Å². The molecule has 1 N–H and O–H groups in total. The predicted molar refractivity (Wildman–Crippen MR) is 101 cm³/mol. The largest absolute Gasteiger partial charge is 0.417 e. The average Bonchev–Trinajstić information content (AvgIpc) is 2.42. The zero-order valence-electron chi connectivity index (χ0n) is 14.4. The van der Waals surface area contributed by atoms with Gasteiger partial charge in [0.25, 0.3) is 0 Å². The highest BCUT2D eigenvalue weighted by molar-refractivity contribution is 9.10. The summed E-state index contributed by atoms with van der Waals surface area (Å²) in [6.07, 6.45) is 2.09. The molecule has 1 aromatic carbocycles. The molecule has 22 heavy (non-hydrogen) atoms. The van der Waals surface area contributed by atoms with Crippen LogP contribution >= 0.6 is 15.9 Å². The second kappa shape index (κ2) is 7.91. The van der Waals surface area contributed by atoms with Crippen LogP contribution in [0.1, 0.15) is 38.9 Å². The average molecular weight is 385 g/mol. The second-order valence-electron chi connectivity index (χ2n) is 7.29. The fraction of sp³-hybridized carbons (Fsp3) is 0.556. The summed E-state index contributed by atoms with van der Waals surface area (Å²) in [5.74, 6) is 0.00550. The van der Waals surface area contributed by atoms with Gasteiger partial charge < -0.3 is 9.53 Å². The SMILES string of the molecule is C=CC(CCO[Si](C)(C)C(C)(C)C)C(O)c1ccc(Br)cc1. The van der Waals surface area contributed by atoms with E-state index in [9.17, 15) is 5.11 Å². The van der Waals surface area contributed by atoms with Gasteiger partial charge in [0.05, 0.1) is 6.10 Å². The lowest BCUT2D eigenvalue weighted by atomic mass is 9.93. The number of hydrogen-bond donors (Lipinski definition) is 1. The molecular formula is C18H29BrO2Si. The van der Waals surface area contributed by atoms with E-state index in [-0.39, 0.29) is 11.0 Å². The van der Waals surface area contributed by atoms with E-state index in [0.717, 1.165) is 16.5 Å². The Morgan fingerprint density at radius 2 is 1.82 bits per heavy atom. The summed E-state index contributed by atoms with van der Waals surface area (Å²) >= 11 is 3.41. The summed E-state index contributed by atoms with van der Waals surface area (Å²) < 4.78 is 7.22. The van der Waals surface area contributed by atoms with Crippen LogP contribution in [0, 0.1) is 5.92 Å². The molecule has 0 aliphatic carbocycles. The molecule has 0 amide bonds. The Morgan fingerprint density at radius 3 is 2.27 bits per heavy atom. The zero-order valence-corrected chi connectivity index (χ0v) is 17.0. The Morgan fingerprint density at radius 1 is 1.27 bits per heavy atom. The lowest BCUT2D eigenvalue weighted by molar-refractivity contribution is 0.114. The molecule has 0 fully saturated rings. The van der Waals surface area contributed by atoms with Crippen molar-refractivity contribution in [3.05, 3.63) is 47.0 Å². The smallest absolute Gasteiger partial charge is 0.191 e. The lowest BCUT2D eigenvalue weighted by Crippen LogP contribution is -2.41. The molecule has 0 aliphatic rings. The van der Waals surface area contributed by atoms with Gasteiger partial charge in [-0.1, -0.05) is 54.9 Å². The van der Waals surface area contributed by atoms with Crippen molar-refractivity contribution in [2.75, 3.05) is 6.61 Å². The predicted octanol–water partition coefficient (Wildman–Crippen LogP) is 5.70. The van der Waals surface area contributed by atoms with Gasteiger partial charge >= 0.3 is 0 Å². The van der Waals surface area contributed by atoms with E-state index in [1.54, 1.807) is 0 Å². The minimum absolute atomic E-state index is 0.00550. The van der Waals surface area contributed by atoms with Crippen molar-refractivity contribution in [3.8, 4) is 0 Å². The van der Waals surface area contributed by atoms with E-state index in [0.29, 0.717) is 6.61 Å². The first kappa shape index (κ1) is 19.6. The van der Waals surface area contributed by atoms with Crippen LogP contribution in [0.25, 0.3) is 0 Å².